The van der Waals surface area contributed by atoms with E-state index >= 15 is 0 Å². The quantitative estimate of drug-likeness (QED) is 0.448. The predicted octanol–water partition coefficient (Wildman–Crippen LogP) is 5.43. The zero-order chi connectivity index (χ0) is 20.8. The van der Waals surface area contributed by atoms with Gasteiger partial charge in [0.15, 0.2) is 4.34 Å². The molecule has 0 fully saturated rings. The molecule has 3 rings (SSSR count). The average Bonchev–Trinajstić information content (AvgIpc) is 3.09. The van der Waals surface area contributed by atoms with Gasteiger partial charge in [-0.15, -0.1) is 11.3 Å². The second-order valence-corrected chi connectivity index (χ2v) is 8.81. The minimum atomic E-state index is -0.150. The second kappa shape index (κ2) is 9.96. The summed E-state index contributed by atoms with van der Waals surface area (Å²) in [6.07, 6.45) is 1.30. The van der Waals surface area contributed by atoms with E-state index in [1.54, 1.807) is 18.2 Å². The third-order valence-electron chi connectivity index (χ3n) is 3.89. The van der Waals surface area contributed by atoms with Gasteiger partial charge in [-0.3, -0.25) is 9.59 Å². The molecule has 6 nitrogen and oxygen atoms in total. The van der Waals surface area contributed by atoms with Gasteiger partial charge in [-0.1, -0.05) is 30.3 Å². The lowest BCUT2D eigenvalue weighted by Crippen LogP contribution is -2.13. The predicted molar refractivity (Wildman–Crippen MR) is 121 cm³/mol. The zero-order valence-corrected chi connectivity index (χ0v) is 18.3. The van der Waals surface area contributed by atoms with Gasteiger partial charge in [0.05, 0.1) is 28.1 Å². The van der Waals surface area contributed by atoms with Crippen molar-refractivity contribution in [3.63, 3.8) is 0 Å². The van der Waals surface area contributed by atoms with Gasteiger partial charge in [0.1, 0.15) is 5.75 Å². The molecule has 0 saturated carbocycles. The number of carbonyl (C=O) groups is 2. The van der Waals surface area contributed by atoms with Gasteiger partial charge in [-0.05, 0) is 42.8 Å². The van der Waals surface area contributed by atoms with Crippen molar-refractivity contribution in [3.05, 3.63) is 41.4 Å². The number of nitrogens with zero attached hydrogens (tertiary/aromatic N) is 1. The first-order chi connectivity index (χ1) is 14.0. The van der Waals surface area contributed by atoms with Crippen LogP contribution in [-0.4, -0.2) is 29.7 Å². The molecule has 2 aromatic carbocycles. The number of methoxy groups -OCH3 is 1. The Morgan fingerprint density at radius 3 is 2.59 bits per heavy atom. The van der Waals surface area contributed by atoms with E-state index in [1.165, 1.54) is 30.2 Å². The lowest BCUT2D eigenvalue weighted by molar-refractivity contribution is -0.116. The molecule has 9 heteroatoms. The van der Waals surface area contributed by atoms with E-state index in [9.17, 15) is 9.59 Å². The maximum Gasteiger partial charge on any atom is 0.234 e. The molecular weight excluding hydrogens is 430 g/mol. The molecule has 0 atom stereocenters. The van der Waals surface area contributed by atoms with E-state index in [0.717, 1.165) is 26.7 Å². The van der Waals surface area contributed by atoms with Crippen molar-refractivity contribution in [2.45, 2.75) is 24.1 Å². The van der Waals surface area contributed by atoms with Crippen LogP contribution in [-0.2, 0) is 9.59 Å². The molecule has 1 aromatic heterocycles. The van der Waals surface area contributed by atoms with Crippen molar-refractivity contribution in [3.8, 4) is 5.75 Å². The number of thiazole rings is 1. The van der Waals surface area contributed by atoms with Crippen LogP contribution >= 0.6 is 34.7 Å². The molecular formula is C20H20ClN3O3S2. The second-order valence-electron chi connectivity index (χ2n) is 6.15. The summed E-state index contributed by atoms with van der Waals surface area (Å²) in [5, 5.41) is 6.13. The van der Waals surface area contributed by atoms with Crippen LogP contribution in [0.25, 0.3) is 10.2 Å². The molecule has 0 spiro atoms. The number of carbonyl (C=O) groups excluding carboxylic acids is 2. The molecule has 2 amide bonds. The maximum atomic E-state index is 12.2. The summed E-state index contributed by atoms with van der Waals surface area (Å²) in [6.45, 7) is 1.97. The first-order valence-electron chi connectivity index (χ1n) is 8.95. The summed E-state index contributed by atoms with van der Waals surface area (Å²) in [5.41, 5.74) is 2.21. The molecule has 0 aliphatic carbocycles. The summed E-state index contributed by atoms with van der Waals surface area (Å²) in [5.74, 6) is 0.631. The van der Waals surface area contributed by atoms with E-state index in [2.05, 4.69) is 15.6 Å². The number of thioether (sulfide) groups is 1. The minimum absolute atomic E-state index is 0.00118. The smallest absolute Gasteiger partial charge is 0.234 e. The topological polar surface area (TPSA) is 80.3 Å². The van der Waals surface area contributed by atoms with E-state index in [1.807, 2.05) is 25.1 Å². The Morgan fingerprint density at radius 2 is 1.86 bits per heavy atom. The molecule has 0 aliphatic heterocycles. The van der Waals surface area contributed by atoms with Crippen molar-refractivity contribution in [2.24, 2.45) is 0 Å². The first kappa shape index (κ1) is 21.4. The number of ether oxygens (including phenoxy) is 1. The normalized spacial score (nSPS) is 10.7. The Labute approximate surface area is 182 Å². The van der Waals surface area contributed by atoms with Crippen LogP contribution in [0.4, 0.5) is 11.4 Å². The SMILES string of the molecule is CCCC(=O)Nc1ccc2nc(SCC(=O)Nc3ccc(OC)c(Cl)c3)sc2c1. The molecule has 0 unspecified atom stereocenters. The van der Waals surface area contributed by atoms with Crippen LogP contribution in [0.5, 0.6) is 5.75 Å². The molecule has 1 heterocycles. The Bertz CT molecular complexity index is 1040. The molecule has 0 aliphatic rings. The number of fused-ring (bicyclic) bond motifs is 1. The third-order valence-corrected chi connectivity index (χ3v) is 6.35. The summed E-state index contributed by atoms with van der Waals surface area (Å²) < 4.78 is 6.86. The Morgan fingerprint density at radius 1 is 1.14 bits per heavy atom. The van der Waals surface area contributed by atoms with E-state index in [-0.39, 0.29) is 17.6 Å². The molecule has 0 saturated heterocycles. The fourth-order valence-corrected chi connectivity index (χ4v) is 4.73. The van der Waals surface area contributed by atoms with Gasteiger partial charge in [-0.2, -0.15) is 0 Å². The molecule has 2 N–H and O–H groups in total. The highest BCUT2D eigenvalue weighted by Crippen LogP contribution is 2.32. The van der Waals surface area contributed by atoms with Crippen LogP contribution in [0, 0.1) is 0 Å². The number of nitrogens with one attached hydrogen (secondary N) is 2. The average molecular weight is 450 g/mol. The molecule has 3 aromatic rings. The number of amides is 2. The number of anilines is 2. The zero-order valence-electron chi connectivity index (χ0n) is 16.0. The number of hydrogen-bond donors (Lipinski definition) is 2. The van der Waals surface area contributed by atoms with Crippen LogP contribution in [0.15, 0.2) is 40.7 Å². The van der Waals surface area contributed by atoms with Gasteiger partial charge in [0.2, 0.25) is 11.8 Å². The van der Waals surface area contributed by atoms with Crippen molar-refractivity contribution in [2.75, 3.05) is 23.5 Å². The highest BCUT2D eigenvalue weighted by Gasteiger charge is 2.10. The molecule has 0 radical (unpaired) electrons. The van der Waals surface area contributed by atoms with Crippen molar-refractivity contribution < 1.29 is 14.3 Å². The lowest BCUT2D eigenvalue weighted by Gasteiger charge is -2.07. The molecule has 152 valence electrons. The van der Waals surface area contributed by atoms with E-state index in [4.69, 9.17) is 16.3 Å². The standard InChI is InChI=1S/C20H20ClN3O3S2/c1-3-4-18(25)22-13-5-7-15-17(10-13)29-20(24-15)28-11-19(26)23-12-6-8-16(27-2)14(21)9-12/h5-10H,3-4,11H2,1-2H3,(H,22,25)(H,23,26). The Kier molecular flexibility index (Phi) is 7.35. The number of hydrogen-bond acceptors (Lipinski definition) is 6. The highest BCUT2D eigenvalue weighted by atomic mass is 35.5. The van der Waals surface area contributed by atoms with Crippen molar-refractivity contribution in [1.29, 1.82) is 0 Å². The lowest BCUT2D eigenvalue weighted by atomic mass is 10.2. The van der Waals surface area contributed by atoms with Crippen LogP contribution < -0.4 is 15.4 Å². The summed E-state index contributed by atoms with van der Waals surface area (Å²) in [4.78, 5) is 28.5. The van der Waals surface area contributed by atoms with Crippen LogP contribution in [0.3, 0.4) is 0 Å². The monoisotopic (exact) mass is 449 g/mol. The van der Waals surface area contributed by atoms with Gasteiger partial charge >= 0.3 is 0 Å². The number of aromatic nitrogens is 1. The van der Waals surface area contributed by atoms with Crippen LogP contribution in [0.1, 0.15) is 19.8 Å². The summed E-state index contributed by atoms with van der Waals surface area (Å²) in [7, 11) is 1.54. The van der Waals surface area contributed by atoms with Crippen molar-refractivity contribution in [1.82, 2.24) is 4.98 Å². The first-order valence-corrected chi connectivity index (χ1v) is 11.1. The van der Waals surface area contributed by atoms with Gasteiger partial charge in [0, 0.05) is 17.8 Å². The molecule has 0 bridgehead atoms. The Hall–Kier alpha value is -2.29. The van der Waals surface area contributed by atoms with Gasteiger partial charge < -0.3 is 15.4 Å². The summed E-state index contributed by atoms with van der Waals surface area (Å²) in [6, 6.07) is 10.7. The largest absolute Gasteiger partial charge is 0.495 e. The maximum absolute atomic E-state index is 12.2. The fourth-order valence-electron chi connectivity index (χ4n) is 2.56. The van der Waals surface area contributed by atoms with E-state index in [0.29, 0.717) is 22.9 Å². The van der Waals surface area contributed by atoms with E-state index < -0.39 is 0 Å². The number of benzene rings is 2. The van der Waals surface area contributed by atoms with Crippen LogP contribution in [0.2, 0.25) is 5.02 Å². The highest BCUT2D eigenvalue weighted by molar-refractivity contribution is 8.01. The minimum Gasteiger partial charge on any atom is -0.495 e. The Balaban J connectivity index is 1.59. The molecule has 29 heavy (non-hydrogen) atoms. The number of rotatable bonds is 8. The van der Waals surface area contributed by atoms with Gasteiger partial charge in [0.25, 0.3) is 0 Å². The van der Waals surface area contributed by atoms with Gasteiger partial charge in [-0.25, -0.2) is 4.98 Å². The number of halogens is 1. The van der Waals surface area contributed by atoms with Crippen molar-refractivity contribution >= 4 is 68.1 Å². The third kappa shape index (κ3) is 5.85. The fraction of sp³-hybridized carbons (Fsp3) is 0.250. The summed E-state index contributed by atoms with van der Waals surface area (Å²) >= 11 is 8.93.